The van der Waals surface area contributed by atoms with Crippen molar-refractivity contribution in [3.63, 3.8) is 0 Å². The van der Waals surface area contributed by atoms with Gasteiger partial charge in [-0.2, -0.15) is 5.26 Å². The average Bonchev–Trinajstić information content (AvgIpc) is 2.47. The summed E-state index contributed by atoms with van der Waals surface area (Å²) in [6.45, 7) is 5.38. The number of sulfonamides is 1. The Morgan fingerprint density at radius 3 is 2.73 bits per heavy atom. The summed E-state index contributed by atoms with van der Waals surface area (Å²) in [5, 5.41) is 8.96. The van der Waals surface area contributed by atoms with Crippen LogP contribution in [-0.2, 0) is 14.8 Å². The minimum atomic E-state index is -3.66. The van der Waals surface area contributed by atoms with Crippen LogP contribution in [-0.4, -0.2) is 52.2 Å². The maximum atomic E-state index is 12.3. The molecule has 0 bridgehead atoms. The summed E-state index contributed by atoms with van der Waals surface area (Å²) in [7, 11) is -3.66. The lowest BCUT2D eigenvalue weighted by molar-refractivity contribution is 0.0354. The highest BCUT2D eigenvalue weighted by Crippen LogP contribution is 2.20. The van der Waals surface area contributed by atoms with Crippen molar-refractivity contribution in [1.29, 1.82) is 5.26 Å². The van der Waals surface area contributed by atoms with E-state index in [1.807, 2.05) is 13.0 Å². The summed E-state index contributed by atoms with van der Waals surface area (Å²) < 4.78 is 32.6. The maximum Gasteiger partial charge on any atom is 0.240 e. The fourth-order valence-corrected chi connectivity index (χ4v) is 3.84. The number of benzene rings is 1. The highest BCUT2D eigenvalue weighted by molar-refractivity contribution is 7.89. The fraction of sp³-hybridized carbons (Fsp3) is 0.500. The van der Waals surface area contributed by atoms with Crippen molar-refractivity contribution < 1.29 is 13.2 Å². The lowest BCUT2D eigenvalue weighted by Gasteiger charge is -2.29. The van der Waals surface area contributed by atoms with Crippen LogP contribution in [0.15, 0.2) is 23.1 Å². The van der Waals surface area contributed by atoms with E-state index in [0.29, 0.717) is 19.8 Å². The topological polar surface area (TPSA) is 82.4 Å². The number of halogens is 1. The minimum Gasteiger partial charge on any atom is -0.379 e. The van der Waals surface area contributed by atoms with Crippen LogP contribution in [0, 0.1) is 11.3 Å². The molecule has 0 spiro atoms. The lowest BCUT2D eigenvalue weighted by atomic mass is 10.2. The molecule has 1 aliphatic heterocycles. The Labute approximate surface area is 135 Å². The van der Waals surface area contributed by atoms with E-state index in [2.05, 4.69) is 9.62 Å². The molecule has 1 heterocycles. The van der Waals surface area contributed by atoms with Crippen LogP contribution in [0.3, 0.4) is 0 Å². The first-order chi connectivity index (χ1) is 10.4. The van der Waals surface area contributed by atoms with Crippen molar-refractivity contribution >= 4 is 21.6 Å². The molecule has 0 radical (unpaired) electrons. The van der Waals surface area contributed by atoms with Crippen LogP contribution in [0.5, 0.6) is 0 Å². The van der Waals surface area contributed by atoms with Gasteiger partial charge in [-0.15, -0.1) is 0 Å². The van der Waals surface area contributed by atoms with Gasteiger partial charge >= 0.3 is 0 Å². The van der Waals surface area contributed by atoms with E-state index in [-0.39, 0.29) is 21.5 Å². The third-order valence-corrected chi connectivity index (χ3v) is 5.26. The average molecular weight is 344 g/mol. The Hall–Kier alpha value is -1.17. The summed E-state index contributed by atoms with van der Waals surface area (Å²) in [5.41, 5.74) is 0.252. The van der Waals surface area contributed by atoms with Crippen molar-refractivity contribution in [1.82, 2.24) is 9.62 Å². The molecule has 1 fully saturated rings. The van der Waals surface area contributed by atoms with Crippen molar-refractivity contribution in [3.8, 4) is 6.07 Å². The Balaban J connectivity index is 2.03. The van der Waals surface area contributed by atoms with Gasteiger partial charge in [0.1, 0.15) is 6.07 Å². The molecular formula is C14H18ClN3O3S. The van der Waals surface area contributed by atoms with Gasteiger partial charge in [-0.05, 0) is 25.1 Å². The van der Waals surface area contributed by atoms with E-state index in [9.17, 15) is 8.42 Å². The SMILES string of the molecule is C[C@H](CN1CCOCC1)NS(=O)(=O)c1ccc(C#N)c(Cl)c1. The van der Waals surface area contributed by atoms with E-state index in [1.54, 1.807) is 0 Å². The van der Waals surface area contributed by atoms with E-state index in [4.69, 9.17) is 21.6 Å². The van der Waals surface area contributed by atoms with Gasteiger partial charge in [-0.1, -0.05) is 11.6 Å². The molecule has 1 saturated heterocycles. The van der Waals surface area contributed by atoms with Gasteiger partial charge in [0.15, 0.2) is 0 Å². The fourth-order valence-electron chi connectivity index (χ4n) is 2.29. The molecule has 6 nitrogen and oxygen atoms in total. The number of hydrogen-bond acceptors (Lipinski definition) is 5. The number of morpholine rings is 1. The molecule has 120 valence electrons. The predicted octanol–water partition coefficient (Wildman–Crippen LogP) is 1.21. The molecule has 0 unspecified atom stereocenters. The molecule has 22 heavy (non-hydrogen) atoms. The summed E-state index contributed by atoms with van der Waals surface area (Å²) in [4.78, 5) is 2.22. The van der Waals surface area contributed by atoms with Crippen LogP contribution in [0.1, 0.15) is 12.5 Å². The minimum absolute atomic E-state index is 0.0605. The second-order valence-corrected chi connectivity index (χ2v) is 7.31. The molecule has 1 aromatic rings. The van der Waals surface area contributed by atoms with Crippen LogP contribution in [0.2, 0.25) is 5.02 Å². The molecule has 2 rings (SSSR count). The zero-order valence-corrected chi connectivity index (χ0v) is 13.8. The van der Waals surface area contributed by atoms with Crippen LogP contribution in [0.25, 0.3) is 0 Å². The van der Waals surface area contributed by atoms with E-state index in [1.165, 1.54) is 18.2 Å². The van der Waals surface area contributed by atoms with Gasteiger partial charge in [0.25, 0.3) is 0 Å². The van der Waals surface area contributed by atoms with Crippen molar-refractivity contribution in [2.45, 2.75) is 17.9 Å². The number of ether oxygens (including phenoxy) is 1. The van der Waals surface area contributed by atoms with E-state index >= 15 is 0 Å². The zero-order chi connectivity index (χ0) is 16.2. The normalized spacial score (nSPS) is 17.9. The highest BCUT2D eigenvalue weighted by Gasteiger charge is 2.21. The molecule has 8 heteroatoms. The molecule has 0 saturated carbocycles. The quantitative estimate of drug-likeness (QED) is 0.869. The molecule has 1 aliphatic rings. The number of nitrogens with zero attached hydrogens (tertiary/aromatic N) is 2. The van der Waals surface area contributed by atoms with Crippen LogP contribution in [0.4, 0.5) is 0 Å². The van der Waals surface area contributed by atoms with Crippen LogP contribution >= 0.6 is 11.6 Å². The van der Waals surface area contributed by atoms with Gasteiger partial charge < -0.3 is 4.74 Å². The molecule has 1 N–H and O–H groups in total. The van der Waals surface area contributed by atoms with Crippen molar-refractivity contribution in [3.05, 3.63) is 28.8 Å². The molecule has 0 amide bonds. The Bertz CT molecular complexity index is 666. The Morgan fingerprint density at radius 1 is 1.45 bits per heavy atom. The standard InChI is InChI=1S/C14H18ClN3O3S/c1-11(10-18-4-6-21-7-5-18)17-22(19,20)13-3-2-12(9-16)14(15)8-13/h2-3,8,11,17H,4-7,10H2,1H3/t11-/m1/s1. The van der Waals surface area contributed by atoms with Gasteiger partial charge in [0.05, 0.1) is 28.7 Å². The van der Waals surface area contributed by atoms with Crippen molar-refractivity contribution in [2.24, 2.45) is 0 Å². The van der Waals surface area contributed by atoms with Gasteiger partial charge in [0, 0.05) is 25.7 Å². The number of nitriles is 1. The van der Waals surface area contributed by atoms with Gasteiger partial charge in [-0.3, -0.25) is 4.90 Å². The van der Waals surface area contributed by atoms with E-state index in [0.717, 1.165) is 13.1 Å². The Kier molecular flexibility index (Phi) is 5.78. The van der Waals surface area contributed by atoms with Gasteiger partial charge in [-0.25, -0.2) is 13.1 Å². The third-order valence-electron chi connectivity index (χ3n) is 3.36. The summed E-state index contributed by atoms with van der Waals surface area (Å²) in [6.07, 6.45) is 0. The number of hydrogen-bond donors (Lipinski definition) is 1. The molecular weight excluding hydrogens is 326 g/mol. The van der Waals surface area contributed by atoms with Crippen LogP contribution < -0.4 is 4.72 Å². The zero-order valence-electron chi connectivity index (χ0n) is 12.3. The summed E-state index contributed by atoms with van der Waals surface area (Å²) in [6, 6.07) is 5.75. The lowest BCUT2D eigenvalue weighted by Crippen LogP contribution is -2.45. The maximum absolute atomic E-state index is 12.3. The smallest absolute Gasteiger partial charge is 0.240 e. The second kappa shape index (κ2) is 7.40. The Morgan fingerprint density at radius 2 is 2.14 bits per heavy atom. The molecule has 1 aromatic carbocycles. The second-order valence-electron chi connectivity index (χ2n) is 5.19. The van der Waals surface area contributed by atoms with Crippen molar-refractivity contribution in [2.75, 3.05) is 32.8 Å². The predicted molar refractivity (Wildman–Crippen MR) is 83.2 cm³/mol. The largest absolute Gasteiger partial charge is 0.379 e. The first kappa shape index (κ1) is 17.2. The molecule has 0 aromatic heterocycles. The highest BCUT2D eigenvalue weighted by atomic mass is 35.5. The van der Waals surface area contributed by atoms with Gasteiger partial charge in [0.2, 0.25) is 10.0 Å². The molecule has 1 atom stereocenters. The monoisotopic (exact) mass is 343 g/mol. The number of rotatable bonds is 5. The number of nitrogens with one attached hydrogen (secondary N) is 1. The first-order valence-electron chi connectivity index (χ1n) is 6.94. The summed E-state index contributed by atoms with van der Waals surface area (Å²) in [5.74, 6) is 0. The summed E-state index contributed by atoms with van der Waals surface area (Å²) >= 11 is 5.89. The third kappa shape index (κ3) is 4.41. The first-order valence-corrected chi connectivity index (χ1v) is 8.80. The van der Waals surface area contributed by atoms with E-state index < -0.39 is 10.0 Å². The molecule has 0 aliphatic carbocycles.